The number of nitrogens with zero attached hydrogens (tertiary/aromatic N) is 2. The van der Waals surface area contributed by atoms with E-state index in [0.717, 1.165) is 17.6 Å². The molecule has 3 atom stereocenters. The Morgan fingerprint density at radius 2 is 2.11 bits per heavy atom. The largest absolute Gasteiger partial charge is 0.378 e. The normalized spacial score (nSPS) is 31.2. The van der Waals surface area contributed by atoms with Gasteiger partial charge in [0.25, 0.3) is 0 Å². The third kappa shape index (κ3) is 2.77. The number of hydrogen-bond acceptors (Lipinski definition) is 5. The second-order valence-corrected chi connectivity index (χ2v) is 7.47. The van der Waals surface area contributed by atoms with Crippen molar-refractivity contribution in [2.45, 2.75) is 64.0 Å². The highest BCUT2D eigenvalue weighted by Crippen LogP contribution is 2.36. The molecule has 1 aromatic rings. The third-order valence-corrected chi connectivity index (χ3v) is 4.83. The van der Waals surface area contributed by atoms with Crippen molar-refractivity contribution in [1.82, 2.24) is 9.36 Å². The van der Waals surface area contributed by atoms with Gasteiger partial charge in [-0.2, -0.15) is 4.37 Å². The molecular formula is C14H23N3OS. The first kappa shape index (κ1) is 13.3. The van der Waals surface area contributed by atoms with Crippen molar-refractivity contribution in [2.75, 3.05) is 11.9 Å². The molecule has 0 bridgehead atoms. The fraction of sp³-hybridized carbons (Fsp3) is 0.857. The molecule has 3 unspecified atom stereocenters. The maximum atomic E-state index is 5.81. The minimum absolute atomic E-state index is 0.0298. The molecule has 2 heterocycles. The Hall–Kier alpha value is -0.680. The van der Waals surface area contributed by atoms with E-state index in [9.17, 15) is 0 Å². The van der Waals surface area contributed by atoms with E-state index in [-0.39, 0.29) is 5.41 Å². The Kier molecular flexibility index (Phi) is 3.52. The zero-order valence-corrected chi connectivity index (χ0v) is 12.8. The van der Waals surface area contributed by atoms with Crippen LogP contribution in [-0.2, 0) is 10.2 Å². The molecule has 2 aliphatic rings. The van der Waals surface area contributed by atoms with Crippen LogP contribution in [0.4, 0.5) is 5.13 Å². The van der Waals surface area contributed by atoms with Crippen molar-refractivity contribution in [3.63, 3.8) is 0 Å². The minimum Gasteiger partial charge on any atom is -0.378 e. The molecule has 1 aliphatic heterocycles. The average molecular weight is 281 g/mol. The van der Waals surface area contributed by atoms with Crippen LogP contribution in [0, 0.1) is 5.92 Å². The Balaban J connectivity index is 1.69. The molecule has 2 fully saturated rings. The van der Waals surface area contributed by atoms with Gasteiger partial charge in [0.1, 0.15) is 5.82 Å². The summed E-state index contributed by atoms with van der Waals surface area (Å²) in [5.41, 5.74) is 0.0298. The molecule has 1 aromatic heterocycles. The Labute approximate surface area is 119 Å². The van der Waals surface area contributed by atoms with Crippen LogP contribution >= 0.6 is 11.5 Å². The van der Waals surface area contributed by atoms with E-state index in [1.807, 2.05) is 0 Å². The van der Waals surface area contributed by atoms with E-state index in [2.05, 4.69) is 35.4 Å². The molecule has 0 spiro atoms. The molecule has 0 aromatic carbocycles. The highest BCUT2D eigenvalue weighted by Gasteiger charge is 2.38. The number of nitrogens with one attached hydrogen (secondary N) is 1. The quantitative estimate of drug-likeness (QED) is 0.904. The highest BCUT2D eigenvalue weighted by atomic mass is 32.1. The fourth-order valence-corrected chi connectivity index (χ4v) is 3.92. The number of aromatic nitrogens is 2. The van der Waals surface area contributed by atoms with Crippen molar-refractivity contribution in [1.29, 1.82) is 0 Å². The standard InChI is InChI=1S/C14H23N3OS/c1-14(2,3)12-16-13(19-17-12)15-10-5-4-6-11-9(10)7-8-18-11/h9-11H,4-8H2,1-3H3,(H,15,16,17). The molecule has 1 aliphatic carbocycles. The first-order chi connectivity index (χ1) is 9.04. The maximum absolute atomic E-state index is 5.81. The van der Waals surface area contributed by atoms with Crippen LogP contribution in [0.3, 0.4) is 0 Å². The average Bonchev–Trinajstić information content (AvgIpc) is 2.96. The van der Waals surface area contributed by atoms with E-state index >= 15 is 0 Å². The third-order valence-electron chi connectivity index (χ3n) is 4.19. The van der Waals surface area contributed by atoms with E-state index in [4.69, 9.17) is 4.74 Å². The van der Waals surface area contributed by atoms with E-state index < -0.39 is 0 Å². The van der Waals surface area contributed by atoms with Crippen LogP contribution in [0.25, 0.3) is 0 Å². The van der Waals surface area contributed by atoms with Gasteiger partial charge in [0.05, 0.1) is 6.10 Å². The summed E-state index contributed by atoms with van der Waals surface area (Å²) in [5.74, 6) is 1.60. The summed E-state index contributed by atoms with van der Waals surface area (Å²) in [6.45, 7) is 7.39. The maximum Gasteiger partial charge on any atom is 0.202 e. The molecule has 1 saturated heterocycles. The lowest BCUT2D eigenvalue weighted by Gasteiger charge is -2.32. The van der Waals surface area contributed by atoms with Gasteiger partial charge in [-0.05, 0) is 25.7 Å². The fourth-order valence-electron chi connectivity index (χ4n) is 3.10. The predicted octanol–water partition coefficient (Wildman–Crippen LogP) is 3.21. The Bertz CT molecular complexity index is 440. The van der Waals surface area contributed by atoms with Gasteiger partial charge in [0.15, 0.2) is 0 Å². The van der Waals surface area contributed by atoms with Gasteiger partial charge >= 0.3 is 0 Å². The topological polar surface area (TPSA) is 47.0 Å². The number of ether oxygens (including phenoxy) is 1. The summed E-state index contributed by atoms with van der Waals surface area (Å²) in [6, 6.07) is 0.516. The summed E-state index contributed by atoms with van der Waals surface area (Å²) in [6.07, 6.45) is 5.37. The van der Waals surface area contributed by atoms with Gasteiger partial charge in [0, 0.05) is 35.5 Å². The van der Waals surface area contributed by atoms with Gasteiger partial charge in [0.2, 0.25) is 5.13 Å². The lowest BCUT2D eigenvalue weighted by molar-refractivity contribution is 0.0620. The second kappa shape index (κ2) is 5.02. The molecular weight excluding hydrogens is 258 g/mol. The van der Waals surface area contributed by atoms with Gasteiger partial charge in [-0.25, -0.2) is 4.98 Å². The number of fused-ring (bicyclic) bond motifs is 1. The molecule has 1 saturated carbocycles. The zero-order valence-electron chi connectivity index (χ0n) is 12.0. The summed E-state index contributed by atoms with van der Waals surface area (Å²) in [4.78, 5) is 4.65. The molecule has 1 N–H and O–H groups in total. The molecule has 5 heteroatoms. The molecule has 0 amide bonds. The Morgan fingerprint density at radius 1 is 1.26 bits per heavy atom. The summed E-state index contributed by atoms with van der Waals surface area (Å²) in [5, 5.41) is 4.58. The molecule has 19 heavy (non-hydrogen) atoms. The van der Waals surface area contributed by atoms with E-state index in [1.165, 1.54) is 37.2 Å². The first-order valence-electron chi connectivity index (χ1n) is 7.26. The van der Waals surface area contributed by atoms with Crippen LogP contribution in [0.2, 0.25) is 0 Å². The van der Waals surface area contributed by atoms with Crippen LogP contribution in [0.15, 0.2) is 0 Å². The lowest BCUT2D eigenvalue weighted by Crippen LogP contribution is -2.38. The van der Waals surface area contributed by atoms with E-state index in [0.29, 0.717) is 18.1 Å². The second-order valence-electron chi connectivity index (χ2n) is 6.72. The SMILES string of the molecule is CC(C)(C)c1nsc(NC2CCCC3OCCC23)n1. The minimum atomic E-state index is 0.0298. The molecule has 3 rings (SSSR count). The van der Waals surface area contributed by atoms with Gasteiger partial charge < -0.3 is 10.1 Å². The van der Waals surface area contributed by atoms with Crippen molar-refractivity contribution in [3.8, 4) is 0 Å². The monoisotopic (exact) mass is 281 g/mol. The molecule has 106 valence electrons. The summed E-state index contributed by atoms with van der Waals surface area (Å²) < 4.78 is 10.3. The molecule has 0 radical (unpaired) electrons. The van der Waals surface area contributed by atoms with Crippen LogP contribution in [-0.4, -0.2) is 28.1 Å². The smallest absolute Gasteiger partial charge is 0.202 e. The van der Waals surface area contributed by atoms with Crippen LogP contribution in [0.1, 0.15) is 52.3 Å². The van der Waals surface area contributed by atoms with Crippen molar-refractivity contribution < 1.29 is 4.74 Å². The van der Waals surface area contributed by atoms with Crippen molar-refractivity contribution in [3.05, 3.63) is 5.82 Å². The number of hydrogen-bond donors (Lipinski definition) is 1. The number of anilines is 1. The molecule has 4 nitrogen and oxygen atoms in total. The zero-order chi connectivity index (χ0) is 13.5. The van der Waals surface area contributed by atoms with Crippen LogP contribution < -0.4 is 5.32 Å². The summed E-state index contributed by atoms with van der Waals surface area (Å²) >= 11 is 1.49. The van der Waals surface area contributed by atoms with E-state index in [1.54, 1.807) is 0 Å². The number of rotatable bonds is 2. The van der Waals surface area contributed by atoms with Gasteiger partial charge in [-0.15, -0.1) is 0 Å². The van der Waals surface area contributed by atoms with Crippen molar-refractivity contribution >= 4 is 16.7 Å². The van der Waals surface area contributed by atoms with Crippen molar-refractivity contribution in [2.24, 2.45) is 5.92 Å². The predicted molar refractivity (Wildman–Crippen MR) is 77.7 cm³/mol. The highest BCUT2D eigenvalue weighted by molar-refractivity contribution is 7.09. The Morgan fingerprint density at radius 3 is 2.84 bits per heavy atom. The first-order valence-corrected chi connectivity index (χ1v) is 8.04. The lowest BCUT2D eigenvalue weighted by atomic mass is 9.82. The van der Waals surface area contributed by atoms with Gasteiger partial charge in [-0.1, -0.05) is 20.8 Å². The van der Waals surface area contributed by atoms with Crippen LogP contribution in [0.5, 0.6) is 0 Å². The summed E-state index contributed by atoms with van der Waals surface area (Å²) in [7, 11) is 0. The van der Waals surface area contributed by atoms with Gasteiger partial charge in [-0.3, -0.25) is 0 Å².